The number of benzene rings is 1. The number of ketones is 2. The van der Waals surface area contributed by atoms with Gasteiger partial charge in [-0.3, -0.25) is 19.2 Å². The van der Waals surface area contributed by atoms with Crippen LogP contribution < -0.4 is 4.74 Å². The fraction of sp³-hybridized carbons (Fsp3) is 0.320. The molecule has 4 atom stereocenters. The molecule has 4 unspecified atom stereocenters. The number of amides is 3. The highest BCUT2D eigenvalue weighted by Gasteiger charge is 2.58. The number of nitrogens with zero attached hydrogens (tertiary/aromatic N) is 1. The quantitative estimate of drug-likeness (QED) is 0.344. The van der Waals surface area contributed by atoms with Crippen molar-refractivity contribution in [3.8, 4) is 11.5 Å². The second-order valence-corrected chi connectivity index (χ2v) is 9.62. The van der Waals surface area contributed by atoms with E-state index >= 15 is 0 Å². The number of carbonyl (C=O) groups is 5. The molecule has 0 saturated carbocycles. The third-order valence-electron chi connectivity index (χ3n) is 7.24. The van der Waals surface area contributed by atoms with E-state index in [1.807, 2.05) is 0 Å². The smallest absolute Gasteiger partial charge is 0.423 e. The summed E-state index contributed by atoms with van der Waals surface area (Å²) in [5.74, 6) is -5.19. The lowest BCUT2D eigenvalue weighted by Crippen LogP contribution is -2.40. The Balaban J connectivity index is 1.73. The number of phenolic OH excluding ortho intramolecular Hbond substituents is 1. The summed E-state index contributed by atoms with van der Waals surface area (Å²) in [6.07, 6.45) is 2.13. The maximum Gasteiger partial charge on any atom is 0.423 e. The molecule has 1 aliphatic heterocycles. The van der Waals surface area contributed by atoms with Gasteiger partial charge in [-0.15, -0.1) is 0 Å². The third-order valence-corrected chi connectivity index (χ3v) is 7.83. The number of ether oxygens (including phenoxy) is 2. The highest BCUT2D eigenvalue weighted by Crippen LogP contribution is 2.57. The highest BCUT2D eigenvalue weighted by molar-refractivity contribution is 9.12. The Morgan fingerprint density at radius 1 is 1.11 bits per heavy atom. The molecule has 4 aliphatic rings. The molecule has 0 spiro atoms. The monoisotopic (exact) mass is 541 g/mol. The standard InChI is InChI=1S/C25H20BrNO8/c1-34-17-5-3-4-15(28)21(17)20-10-6-7-11-18(24(32)27(23(11)31)25(33)35-2)12(10)8-13-19(20)16(29)9-14(26)22(13)30/h3-6,9,11-12,18,20,28H,7-8H2,1-2H3. The lowest BCUT2D eigenvalue weighted by molar-refractivity contribution is -0.137. The molecule has 0 radical (unpaired) electrons. The molecule has 3 amide bonds. The van der Waals surface area contributed by atoms with Gasteiger partial charge in [-0.1, -0.05) is 17.7 Å². The van der Waals surface area contributed by atoms with Gasteiger partial charge >= 0.3 is 6.09 Å². The van der Waals surface area contributed by atoms with Gasteiger partial charge in [0.05, 0.1) is 30.5 Å². The minimum absolute atomic E-state index is 0.0380. The van der Waals surface area contributed by atoms with Crippen LogP contribution in [0.25, 0.3) is 0 Å². The van der Waals surface area contributed by atoms with Gasteiger partial charge in [0.1, 0.15) is 11.5 Å². The molecular formula is C25H20BrNO8. The lowest BCUT2D eigenvalue weighted by atomic mass is 9.59. The first kappa shape index (κ1) is 23.2. The van der Waals surface area contributed by atoms with E-state index in [-0.39, 0.29) is 34.2 Å². The number of phenols is 1. The van der Waals surface area contributed by atoms with Crippen molar-refractivity contribution in [2.75, 3.05) is 14.2 Å². The number of methoxy groups -OCH3 is 2. The van der Waals surface area contributed by atoms with E-state index in [0.717, 1.165) is 7.11 Å². The fourth-order valence-corrected chi connectivity index (χ4v) is 6.26. The average Bonchev–Trinajstić information content (AvgIpc) is 3.10. The van der Waals surface area contributed by atoms with Gasteiger partial charge in [0, 0.05) is 28.7 Å². The van der Waals surface area contributed by atoms with Gasteiger partial charge in [-0.05, 0) is 46.8 Å². The molecule has 1 aromatic rings. The zero-order chi connectivity index (χ0) is 25.2. The van der Waals surface area contributed by atoms with E-state index in [9.17, 15) is 29.1 Å². The lowest BCUT2D eigenvalue weighted by Gasteiger charge is -2.42. The van der Waals surface area contributed by atoms with Crippen LogP contribution in [0.15, 0.2) is 51.6 Å². The summed E-state index contributed by atoms with van der Waals surface area (Å²) in [6.45, 7) is 0. The van der Waals surface area contributed by atoms with Crippen LogP contribution >= 0.6 is 15.9 Å². The first-order chi connectivity index (χ1) is 16.7. The van der Waals surface area contributed by atoms with Gasteiger partial charge < -0.3 is 14.6 Å². The fourth-order valence-electron chi connectivity index (χ4n) is 5.81. The van der Waals surface area contributed by atoms with E-state index in [1.165, 1.54) is 19.3 Å². The van der Waals surface area contributed by atoms with Crippen molar-refractivity contribution >= 4 is 45.4 Å². The molecule has 1 fully saturated rings. The maximum atomic E-state index is 13.3. The van der Waals surface area contributed by atoms with Crippen molar-refractivity contribution in [1.82, 2.24) is 4.90 Å². The molecule has 1 aromatic carbocycles. The molecule has 1 N–H and O–H groups in total. The number of allylic oxidation sites excluding steroid dienone is 6. The van der Waals surface area contributed by atoms with Crippen molar-refractivity contribution in [1.29, 1.82) is 0 Å². The predicted molar refractivity (Wildman–Crippen MR) is 123 cm³/mol. The van der Waals surface area contributed by atoms with Crippen molar-refractivity contribution in [3.05, 3.63) is 57.1 Å². The van der Waals surface area contributed by atoms with Crippen molar-refractivity contribution in [3.63, 3.8) is 0 Å². The number of aromatic hydroxyl groups is 1. The average molecular weight is 542 g/mol. The Morgan fingerprint density at radius 3 is 2.54 bits per heavy atom. The summed E-state index contributed by atoms with van der Waals surface area (Å²) in [7, 11) is 2.51. The zero-order valence-electron chi connectivity index (χ0n) is 18.7. The van der Waals surface area contributed by atoms with Crippen LogP contribution in [0.1, 0.15) is 24.3 Å². The van der Waals surface area contributed by atoms with E-state index < -0.39 is 53.1 Å². The van der Waals surface area contributed by atoms with Gasteiger partial charge in [0.15, 0.2) is 11.6 Å². The predicted octanol–water partition coefficient (Wildman–Crippen LogP) is 2.93. The third kappa shape index (κ3) is 3.23. The summed E-state index contributed by atoms with van der Waals surface area (Å²) in [6, 6.07) is 4.68. The molecule has 180 valence electrons. The minimum atomic E-state index is -1.06. The van der Waals surface area contributed by atoms with Gasteiger partial charge in [0.25, 0.3) is 0 Å². The van der Waals surface area contributed by atoms with E-state index in [2.05, 4.69) is 20.7 Å². The Labute approximate surface area is 208 Å². The van der Waals surface area contributed by atoms with Gasteiger partial charge in [0.2, 0.25) is 11.8 Å². The summed E-state index contributed by atoms with van der Waals surface area (Å²) in [4.78, 5) is 65.4. The number of likely N-dealkylation sites (tertiary alicyclic amines) is 1. The minimum Gasteiger partial charge on any atom is -0.507 e. The molecule has 5 rings (SSSR count). The van der Waals surface area contributed by atoms with Crippen molar-refractivity contribution in [2.24, 2.45) is 17.8 Å². The highest BCUT2D eigenvalue weighted by atomic mass is 79.9. The summed E-state index contributed by atoms with van der Waals surface area (Å²) in [5.41, 5.74) is 1.34. The van der Waals surface area contributed by atoms with Crippen molar-refractivity contribution in [2.45, 2.75) is 18.8 Å². The summed E-state index contributed by atoms with van der Waals surface area (Å²) >= 11 is 3.16. The normalized spacial score (nSPS) is 27.7. The SMILES string of the molecule is COC(=O)N1C(=O)C2CC=C3C(c4c(O)cccc4OC)C4=C(CC3C2C1=O)C(=O)C(Br)=CC4=O. The molecule has 35 heavy (non-hydrogen) atoms. The summed E-state index contributed by atoms with van der Waals surface area (Å²) < 4.78 is 10.2. The maximum absolute atomic E-state index is 13.3. The van der Waals surface area contributed by atoms with Gasteiger partial charge in [-0.25, -0.2) is 4.79 Å². The zero-order valence-corrected chi connectivity index (χ0v) is 20.3. The Bertz CT molecular complexity index is 1320. The van der Waals surface area contributed by atoms with Crippen LogP contribution in [0, 0.1) is 17.8 Å². The molecule has 3 aliphatic carbocycles. The van der Waals surface area contributed by atoms with Crippen LogP contribution in [-0.2, 0) is 23.9 Å². The number of imide groups is 3. The molecule has 10 heteroatoms. The number of fused-ring (bicyclic) bond motifs is 3. The topological polar surface area (TPSA) is 127 Å². The molecule has 0 bridgehead atoms. The molecule has 9 nitrogen and oxygen atoms in total. The Kier molecular flexibility index (Phi) is 5.51. The first-order valence-electron chi connectivity index (χ1n) is 10.9. The second kappa shape index (κ2) is 8.30. The van der Waals surface area contributed by atoms with Crippen LogP contribution in [0.5, 0.6) is 11.5 Å². The van der Waals surface area contributed by atoms with Crippen LogP contribution in [0.4, 0.5) is 4.79 Å². The summed E-state index contributed by atoms with van der Waals surface area (Å²) in [5, 5.41) is 10.8. The largest absolute Gasteiger partial charge is 0.507 e. The molecule has 0 aromatic heterocycles. The molecule has 1 heterocycles. The number of Topliss-reactive ketones (excluding diaryl/α,β-unsaturated/α-hetero) is 1. The molecular weight excluding hydrogens is 522 g/mol. The van der Waals surface area contributed by atoms with E-state index in [1.54, 1.807) is 18.2 Å². The first-order valence-corrected chi connectivity index (χ1v) is 11.7. The van der Waals surface area contributed by atoms with Crippen molar-refractivity contribution < 1.29 is 38.6 Å². The number of rotatable bonds is 2. The van der Waals surface area contributed by atoms with Crippen LogP contribution in [0.3, 0.4) is 0 Å². The van der Waals surface area contributed by atoms with E-state index in [0.29, 0.717) is 21.8 Å². The number of carbonyl (C=O) groups excluding carboxylic acids is 5. The Hall–Kier alpha value is -3.53. The van der Waals surface area contributed by atoms with E-state index in [4.69, 9.17) is 4.74 Å². The second-order valence-electron chi connectivity index (χ2n) is 8.77. The van der Waals surface area contributed by atoms with Crippen LogP contribution in [0.2, 0.25) is 0 Å². The van der Waals surface area contributed by atoms with Crippen LogP contribution in [-0.4, -0.2) is 53.7 Å². The Morgan fingerprint density at radius 2 is 1.86 bits per heavy atom. The number of hydrogen-bond acceptors (Lipinski definition) is 8. The van der Waals surface area contributed by atoms with Gasteiger partial charge in [-0.2, -0.15) is 4.90 Å². The molecule has 1 saturated heterocycles. The number of hydrogen-bond donors (Lipinski definition) is 1. The number of halogens is 1.